The highest BCUT2D eigenvalue weighted by Crippen LogP contribution is 2.30. The molecule has 21 heavy (non-hydrogen) atoms. The third-order valence-corrected chi connectivity index (χ3v) is 4.54. The molecule has 0 saturated heterocycles. The predicted molar refractivity (Wildman–Crippen MR) is 84.4 cm³/mol. The van der Waals surface area contributed by atoms with Crippen LogP contribution in [0, 0.1) is 6.92 Å². The lowest BCUT2D eigenvalue weighted by Crippen LogP contribution is -2.15. The number of methoxy groups -OCH3 is 1. The van der Waals surface area contributed by atoms with Crippen LogP contribution in [0.3, 0.4) is 0 Å². The van der Waals surface area contributed by atoms with E-state index in [0.717, 1.165) is 5.56 Å². The third kappa shape index (κ3) is 3.40. The molecule has 0 aromatic heterocycles. The maximum atomic E-state index is 12.4. The molecule has 0 heterocycles. The molecule has 0 fully saturated rings. The highest BCUT2D eigenvalue weighted by atomic mass is 35.5. The molecule has 0 radical (unpaired) electrons. The Morgan fingerprint density at radius 3 is 2.52 bits per heavy atom. The van der Waals surface area contributed by atoms with Crippen molar-refractivity contribution < 1.29 is 13.2 Å². The summed E-state index contributed by atoms with van der Waals surface area (Å²) in [5, 5.41) is 0.375. The number of nitrogens with two attached hydrogens (primary N) is 1. The molecule has 0 bridgehead atoms. The number of nitrogens with one attached hydrogen (secondary N) is 1. The summed E-state index contributed by atoms with van der Waals surface area (Å²) >= 11 is 5.78. The van der Waals surface area contributed by atoms with Crippen molar-refractivity contribution in [2.45, 2.75) is 11.8 Å². The maximum absolute atomic E-state index is 12.4. The lowest BCUT2D eigenvalue weighted by Gasteiger charge is -2.13. The van der Waals surface area contributed by atoms with E-state index in [9.17, 15) is 8.42 Å². The summed E-state index contributed by atoms with van der Waals surface area (Å²) in [7, 11) is -2.35. The molecular formula is C14H15ClN2O3S. The Morgan fingerprint density at radius 2 is 1.90 bits per heavy atom. The van der Waals surface area contributed by atoms with Crippen molar-refractivity contribution in [1.29, 1.82) is 0 Å². The van der Waals surface area contributed by atoms with E-state index >= 15 is 0 Å². The minimum Gasteiger partial charge on any atom is -0.495 e. The summed E-state index contributed by atoms with van der Waals surface area (Å²) < 4.78 is 32.5. The van der Waals surface area contributed by atoms with Gasteiger partial charge in [0.2, 0.25) is 0 Å². The Bertz CT molecular complexity index is 776. The quantitative estimate of drug-likeness (QED) is 0.846. The van der Waals surface area contributed by atoms with Crippen molar-refractivity contribution in [1.82, 2.24) is 0 Å². The molecule has 2 aromatic carbocycles. The molecule has 7 heteroatoms. The minimum atomic E-state index is -3.82. The van der Waals surface area contributed by atoms with Gasteiger partial charge in [0.15, 0.2) is 0 Å². The SMILES string of the molecule is COc1ccc(C)cc1NS(=O)(=O)c1ccc(Cl)cc1N. The van der Waals surface area contributed by atoms with Crippen LogP contribution < -0.4 is 15.2 Å². The van der Waals surface area contributed by atoms with Gasteiger partial charge in [0.05, 0.1) is 18.5 Å². The Kier molecular flexibility index (Phi) is 4.29. The number of benzene rings is 2. The Balaban J connectivity index is 2.44. The van der Waals surface area contributed by atoms with E-state index in [1.54, 1.807) is 12.1 Å². The number of ether oxygens (including phenoxy) is 1. The van der Waals surface area contributed by atoms with Crippen LogP contribution >= 0.6 is 11.6 Å². The van der Waals surface area contributed by atoms with Gasteiger partial charge in [-0.25, -0.2) is 8.42 Å². The zero-order valence-electron chi connectivity index (χ0n) is 11.6. The molecule has 0 saturated carbocycles. The van der Waals surface area contributed by atoms with Crippen LogP contribution in [0.15, 0.2) is 41.3 Å². The summed E-state index contributed by atoms with van der Waals surface area (Å²) in [6, 6.07) is 9.43. The molecular weight excluding hydrogens is 312 g/mol. The number of aryl methyl sites for hydroxylation is 1. The minimum absolute atomic E-state index is 0.0320. The summed E-state index contributed by atoms with van der Waals surface area (Å²) in [6.45, 7) is 1.86. The first-order valence-electron chi connectivity index (χ1n) is 6.06. The monoisotopic (exact) mass is 326 g/mol. The second-order valence-electron chi connectivity index (χ2n) is 4.49. The smallest absolute Gasteiger partial charge is 0.264 e. The first-order valence-corrected chi connectivity index (χ1v) is 7.92. The fourth-order valence-corrected chi connectivity index (χ4v) is 3.22. The number of anilines is 2. The highest BCUT2D eigenvalue weighted by molar-refractivity contribution is 7.92. The predicted octanol–water partition coefficient (Wildman–Crippen LogP) is 3.04. The van der Waals surface area contributed by atoms with E-state index in [2.05, 4.69) is 4.72 Å². The molecule has 3 N–H and O–H groups in total. The van der Waals surface area contributed by atoms with Crippen LogP contribution in [0.25, 0.3) is 0 Å². The van der Waals surface area contributed by atoms with E-state index < -0.39 is 10.0 Å². The number of hydrogen-bond donors (Lipinski definition) is 2. The van der Waals surface area contributed by atoms with Gasteiger partial charge < -0.3 is 10.5 Å². The van der Waals surface area contributed by atoms with Gasteiger partial charge in [-0.1, -0.05) is 17.7 Å². The first kappa shape index (κ1) is 15.5. The molecule has 2 rings (SSSR count). The van der Waals surface area contributed by atoms with Gasteiger partial charge in [0, 0.05) is 5.02 Å². The summed E-state index contributed by atoms with van der Waals surface area (Å²) in [4.78, 5) is -0.0320. The van der Waals surface area contributed by atoms with Gasteiger partial charge in [-0.2, -0.15) is 0 Å². The summed E-state index contributed by atoms with van der Waals surface area (Å²) in [6.07, 6.45) is 0. The summed E-state index contributed by atoms with van der Waals surface area (Å²) in [5.41, 5.74) is 7.07. The average molecular weight is 327 g/mol. The normalized spacial score (nSPS) is 11.2. The molecule has 2 aromatic rings. The van der Waals surface area contributed by atoms with Crippen LogP contribution in [0.2, 0.25) is 5.02 Å². The maximum Gasteiger partial charge on any atom is 0.264 e. The summed E-state index contributed by atoms with van der Waals surface area (Å²) in [5.74, 6) is 0.428. The van der Waals surface area contributed by atoms with E-state index in [4.69, 9.17) is 22.1 Å². The molecule has 112 valence electrons. The van der Waals surface area contributed by atoms with Gasteiger partial charge in [0.25, 0.3) is 10.0 Å². The molecule has 0 aliphatic heterocycles. The molecule has 0 spiro atoms. The van der Waals surface area contributed by atoms with Crippen molar-refractivity contribution in [3.05, 3.63) is 47.0 Å². The number of nitrogen functional groups attached to an aromatic ring is 1. The number of hydrogen-bond acceptors (Lipinski definition) is 4. The van der Waals surface area contributed by atoms with Crippen molar-refractivity contribution >= 4 is 33.0 Å². The molecule has 5 nitrogen and oxygen atoms in total. The topological polar surface area (TPSA) is 81.4 Å². The van der Waals surface area contributed by atoms with Crippen LogP contribution in [-0.4, -0.2) is 15.5 Å². The Hall–Kier alpha value is -1.92. The van der Waals surface area contributed by atoms with E-state index in [1.165, 1.54) is 25.3 Å². The molecule has 0 atom stereocenters. The standard InChI is InChI=1S/C14H15ClN2O3S/c1-9-3-5-13(20-2)12(7-9)17-21(18,19)14-6-4-10(15)8-11(14)16/h3-8,17H,16H2,1-2H3. The van der Waals surface area contributed by atoms with Crippen molar-refractivity contribution in [2.75, 3.05) is 17.6 Å². The van der Waals surface area contributed by atoms with Crippen molar-refractivity contribution in [3.8, 4) is 5.75 Å². The highest BCUT2D eigenvalue weighted by Gasteiger charge is 2.19. The van der Waals surface area contributed by atoms with Gasteiger partial charge in [-0.3, -0.25) is 4.72 Å². The van der Waals surface area contributed by atoms with Gasteiger partial charge in [-0.15, -0.1) is 0 Å². The van der Waals surface area contributed by atoms with Crippen LogP contribution in [0.4, 0.5) is 11.4 Å². The van der Waals surface area contributed by atoms with Crippen LogP contribution in [0.1, 0.15) is 5.56 Å². The lowest BCUT2D eigenvalue weighted by molar-refractivity contribution is 0.417. The van der Waals surface area contributed by atoms with Crippen LogP contribution in [-0.2, 0) is 10.0 Å². The largest absolute Gasteiger partial charge is 0.495 e. The number of sulfonamides is 1. The third-order valence-electron chi connectivity index (χ3n) is 2.86. The second kappa shape index (κ2) is 5.83. The molecule has 0 unspecified atom stereocenters. The van der Waals surface area contributed by atoms with Gasteiger partial charge >= 0.3 is 0 Å². The fraction of sp³-hybridized carbons (Fsp3) is 0.143. The second-order valence-corrected chi connectivity index (χ2v) is 6.58. The molecule has 0 amide bonds. The van der Waals surface area contributed by atoms with Crippen molar-refractivity contribution in [3.63, 3.8) is 0 Å². The average Bonchev–Trinajstić information content (AvgIpc) is 2.37. The van der Waals surface area contributed by atoms with Gasteiger partial charge in [-0.05, 0) is 42.8 Å². The van der Waals surface area contributed by atoms with E-state index in [1.807, 2.05) is 13.0 Å². The van der Waals surface area contributed by atoms with Gasteiger partial charge in [0.1, 0.15) is 10.6 Å². The molecule has 0 aliphatic rings. The van der Waals surface area contributed by atoms with Crippen molar-refractivity contribution in [2.24, 2.45) is 0 Å². The number of halogens is 1. The Labute approximate surface area is 128 Å². The number of rotatable bonds is 4. The van der Waals surface area contributed by atoms with E-state index in [-0.39, 0.29) is 10.6 Å². The first-order chi connectivity index (χ1) is 9.83. The Morgan fingerprint density at radius 1 is 1.19 bits per heavy atom. The fourth-order valence-electron chi connectivity index (χ4n) is 1.87. The zero-order chi connectivity index (χ0) is 15.6. The molecule has 0 aliphatic carbocycles. The van der Waals surface area contributed by atoms with E-state index in [0.29, 0.717) is 16.5 Å². The zero-order valence-corrected chi connectivity index (χ0v) is 13.1. The lowest BCUT2D eigenvalue weighted by atomic mass is 10.2. The van der Waals surface area contributed by atoms with Crippen LogP contribution in [0.5, 0.6) is 5.75 Å².